The van der Waals surface area contributed by atoms with Gasteiger partial charge in [-0.15, -0.1) is 10.2 Å². The minimum Gasteiger partial charge on any atom is -0.294 e. The Hall–Kier alpha value is -3.74. The monoisotopic (exact) mass is 375 g/mol. The SMILES string of the molecule is CC(=O)C1=C(N(c2ccccc2)c2ccc(C(C)=O)c(C(C)=O)c2)N=NC1=O. The number of nitrogens with zero attached hydrogens (tertiary/aromatic N) is 3. The van der Waals surface area contributed by atoms with E-state index in [2.05, 4.69) is 10.2 Å². The second kappa shape index (κ2) is 7.48. The summed E-state index contributed by atoms with van der Waals surface area (Å²) in [6.45, 7) is 4.03. The van der Waals surface area contributed by atoms with E-state index in [1.165, 1.54) is 20.8 Å². The minimum absolute atomic E-state index is 0.0776. The van der Waals surface area contributed by atoms with Gasteiger partial charge in [0.25, 0.3) is 0 Å². The lowest BCUT2D eigenvalue weighted by Gasteiger charge is -2.25. The number of hydrogen-bond donors (Lipinski definition) is 0. The Balaban J connectivity index is 2.28. The average molecular weight is 375 g/mol. The Morgan fingerprint density at radius 2 is 1.39 bits per heavy atom. The highest BCUT2D eigenvalue weighted by Crippen LogP contribution is 2.35. The average Bonchev–Trinajstić information content (AvgIpc) is 3.04. The van der Waals surface area contributed by atoms with Gasteiger partial charge in [0.2, 0.25) is 0 Å². The molecule has 1 amide bonds. The molecule has 0 saturated heterocycles. The number of ketones is 3. The summed E-state index contributed by atoms with van der Waals surface area (Å²) in [6, 6.07) is 13.7. The summed E-state index contributed by atoms with van der Waals surface area (Å²) in [5.74, 6) is -1.60. The predicted octanol–water partition coefficient (Wildman–Crippen LogP) is 4.02. The zero-order valence-corrected chi connectivity index (χ0v) is 15.6. The van der Waals surface area contributed by atoms with Gasteiger partial charge in [-0.25, -0.2) is 0 Å². The molecule has 0 unspecified atom stereocenters. The summed E-state index contributed by atoms with van der Waals surface area (Å²) in [5, 5.41) is 7.44. The van der Waals surface area contributed by atoms with Crippen LogP contribution < -0.4 is 4.90 Å². The molecule has 0 saturated carbocycles. The smallest absolute Gasteiger partial charge is 0.294 e. The summed E-state index contributed by atoms with van der Waals surface area (Å²) in [6.07, 6.45) is 0. The Morgan fingerprint density at radius 3 is 1.96 bits per heavy atom. The fourth-order valence-corrected chi connectivity index (χ4v) is 2.99. The van der Waals surface area contributed by atoms with Crippen molar-refractivity contribution in [1.29, 1.82) is 0 Å². The van der Waals surface area contributed by atoms with E-state index >= 15 is 0 Å². The molecule has 1 aliphatic heterocycles. The molecule has 28 heavy (non-hydrogen) atoms. The number of anilines is 2. The van der Waals surface area contributed by atoms with Gasteiger partial charge >= 0.3 is 5.91 Å². The van der Waals surface area contributed by atoms with Crippen LogP contribution in [0, 0.1) is 0 Å². The number of hydrogen-bond acceptors (Lipinski definition) is 6. The summed E-state index contributed by atoms with van der Waals surface area (Å²) in [7, 11) is 0. The topological polar surface area (TPSA) is 96.2 Å². The molecule has 3 rings (SSSR count). The molecule has 140 valence electrons. The van der Waals surface area contributed by atoms with E-state index in [1.54, 1.807) is 47.4 Å². The van der Waals surface area contributed by atoms with Crippen molar-refractivity contribution < 1.29 is 19.2 Å². The van der Waals surface area contributed by atoms with E-state index in [0.29, 0.717) is 16.9 Å². The van der Waals surface area contributed by atoms with Crippen LogP contribution in [0.5, 0.6) is 0 Å². The molecule has 0 spiro atoms. The first-order chi connectivity index (χ1) is 13.3. The van der Waals surface area contributed by atoms with Crippen molar-refractivity contribution in [1.82, 2.24) is 0 Å². The Morgan fingerprint density at radius 1 is 0.750 bits per heavy atom. The van der Waals surface area contributed by atoms with E-state index in [9.17, 15) is 19.2 Å². The second-order valence-electron chi connectivity index (χ2n) is 6.27. The van der Waals surface area contributed by atoms with Gasteiger partial charge in [-0.1, -0.05) is 18.2 Å². The molecular formula is C21H17N3O4. The molecular weight excluding hydrogens is 358 g/mol. The quantitative estimate of drug-likeness (QED) is 0.561. The number of benzene rings is 2. The molecule has 7 nitrogen and oxygen atoms in total. The third-order valence-corrected chi connectivity index (χ3v) is 4.27. The molecule has 7 heteroatoms. The van der Waals surface area contributed by atoms with Crippen LogP contribution in [-0.4, -0.2) is 23.3 Å². The third-order valence-electron chi connectivity index (χ3n) is 4.27. The summed E-state index contributed by atoms with van der Waals surface area (Å²) in [4.78, 5) is 49.6. The van der Waals surface area contributed by atoms with E-state index in [-0.39, 0.29) is 28.5 Å². The third kappa shape index (κ3) is 3.42. The van der Waals surface area contributed by atoms with Crippen LogP contribution in [0.2, 0.25) is 0 Å². The first-order valence-electron chi connectivity index (χ1n) is 8.53. The standard InChI is InChI=1S/C21H17N3O4/c1-12(25)17-10-9-16(11-18(17)13(2)26)24(15-7-5-4-6-8-15)20-19(14(3)27)21(28)23-22-20/h4-11H,1-3H3. The maximum absolute atomic E-state index is 12.1. The lowest BCUT2D eigenvalue weighted by atomic mass is 10.00. The molecule has 0 N–H and O–H groups in total. The van der Waals surface area contributed by atoms with Crippen molar-refractivity contribution in [3.63, 3.8) is 0 Å². The van der Waals surface area contributed by atoms with E-state index in [1.807, 2.05) is 6.07 Å². The van der Waals surface area contributed by atoms with Crippen molar-refractivity contribution in [3.05, 3.63) is 71.1 Å². The predicted molar refractivity (Wildman–Crippen MR) is 103 cm³/mol. The van der Waals surface area contributed by atoms with Gasteiger partial charge < -0.3 is 0 Å². The van der Waals surface area contributed by atoms with E-state index in [4.69, 9.17) is 0 Å². The second-order valence-corrected chi connectivity index (χ2v) is 6.27. The van der Waals surface area contributed by atoms with Gasteiger partial charge in [0.05, 0.1) is 0 Å². The molecule has 2 aromatic carbocycles. The van der Waals surface area contributed by atoms with Gasteiger partial charge in [0, 0.05) is 22.5 Å². The number of azo groups is 1. The Kier molecular flexibility index (Phi) is 5.08. The normalized spacial score (nSPS) is 13.0. The molecule has 1 heterocycles. The maximum Gasteiger partial charge on any atom is 0.302 e. The largest absolute Gasteiger partial charge is 0.302 e. The van der Waals surface area contributed by atoms with Crippen molar-refractivity contribution >= 4 is 34.6 Å². The lowest BCUT2D eigenvalue weighted by Crippen LogP contribution is -2.20. The molecule has 1 aliphatic rings. The first kappa shape index (κ1) is 19.0. The highest BCUT2D eigenvalue weighted by atomic mass is 16.2. The number of rotatable bonds is 6. The zero-order valence-electron chi connectivity index (χ0n) is 15.6. The van der Waals surface area contributed by atoms with E-state index in [0.717, 1.165) is 0 Å². The Bertz CT molecular complexity index is 1070. The number of Topliss-reactive ketones (excluding diaryl/α,β-unsaturated/α-hetero) is 3. The molecule has 2 aromatic rings. The number of carbonyl (C=O) groups excluding carboxylic acids is 4. The molecule has 0 bridgehead atoms. The number of amides is 1. The van der Waals surface area contributed by atoms with Crippen LogP contribution in [0.15, 0.2) is 70.2 Å². The van der Waals surface area contributed by atoms with Crippen molar-refractivity contribution in [2.45, 2.75) is 20.8 Å². The molecule has 0 aromatic heterocycles. The first-order valence-corrected chi connectivity index (χ1v) is 8.53. The summed E-state index contributed by atoms with van der Waals surface area (Å²) >= 11 is 0. The molecule has 0 fully saturated rings. The zero-order chi connectivity index (χ0) is 20.4. The molecule has 0 radical (unpaired) electrons. The lowest BCUT2D eigenvalue weighted by molar-refractivity contribution is -0.119. The van der Waals surface area contributed by atoms with Crippen LogP contribution in [0.4, 0.5) is 11.4 Å². The van der Waals surface area contributed by atoms with Crippen LogP contribution in [0.25, 0.3) is 0 Å². The van der Waals surface area contributed by atoms with Crippen LogP contribution in [0.3, 0.4) is 0 Å². The van der Waals surface area contributed by atoms with Crippen LogP contribution >= 0.6 is 0 Å². The van der Waals surface area contributed by atoms with Gasteiger partial charge in [-0.05, 0) is 51.1 Å². The van der Waals surface area contributed by atoms with Crippen LogP contribution in [0.1, 0.15) is 41.5 Å². The van der Waals surface area contributed by atoms with Gasteiger partial charge in [0.1, 0.15) is 5.57 Å². The van der Waals surface area contributed by atoms with Gasteiger partial charge in [0.15, 0.2) is 23.2 Å². The number of carbonyl (C=O) groups is 4. The van der Waals surface area contributed by atoms with Gasteiger partial charge in [-0.3, -0.25) is 24.1 Å². The summed E-state index contributed by atoms with van der Waals surface area (Å²) < 4.78 is 0. The summed E-state index contributed by atoms with van der Waals surface area (Å²) in [5.41, 5.74) is 1.51. The van der Waals surface area contributed by atoms with Crippen LogP contribution in [-0.2, 0) is 9.59 Å². The van der Waals surface area contributed by atoms with Crippen molar-refractivity contribution in [3.8, 4) is 0 Å². The minimum atomic E-state index is -0.712. The van der Waals surface area contributed by atoms with E-state index < -0.39 is 11.7 Å². The molecule has 0 atom stereocenters. The van der Waals surface area contributed by atoms with Crippen molar-refractivity contribution in [2.75, 3.05) is 4.90 Å². The van der Waals surface area contributed by atoms with Crippen molar-refractivity contribution in [2.24, 2.45) is 10.2 Å². The maximum atomic E-state index is 12.1. The fraction of sp³-hybridized carbons (Fsp3) is 0.143. The van der Waals surface area contributed by atoms with Gasteiger partial charge in [-0.2, -0.15) is 0 Å². The highest BCUT2D eigenvalue weighted by Gasteiger charge is 2.31. The molecule has 0 aliphatic carbocycles. The number of para-hydroxylation sites is 1. The Labute approximate surface area is 161 Å². The fourth-order valence-electron chi connectivity index (χ4n) is 2.99. The highest BCUT2D eigenvalue weighted by molar-refractivity contribution is 6.21.